The number of carboxylic acid groups (broad SMARTS) is 1. The topological polar surface area (TPSA) is 75.6 Å². The molecule has 0 saturated carbocycles. The van der Waals surface area contributed by atoms with Crippen molar-refractivity contribution in [1.29, 1.82) is 0 Å². The lowest BCUT2D eigenvalue weighted by Gasteiger charge is -2.20. The Morgan fingerprint density at radius 2 is 2.10 bits per heavy atom. The zero-order chi connectivity index (χ0) is 16.0. The van der Waals surface area contributed by atoms with Gasteiger partial charge < -0.3 is 15.2 Å². The van der Waals surface area contributed by atoms with Crippen molar-refractivity contribution in [1.82, 2.24) is 5.32 Å². The Hall–Kier alpha value is -1.75. The van der Waals surface area contributed by atoms with Crippen molar-refractivity contribution in [2.75, 3.05) is 6.61 Å². The number of aryl methyl sites for hydroxylation is 1. The quantitative estimate of drug-likeness (QED) is 0.811. The molecule has 1 aromatic rings. The van der Waals surface area contributed by atoms with Crippen LogP contribution in [-0.4, -0.2) is 29.6 Å². The number of carbonyl (C=O) groups is 2. The number of hydrogen-bond donors (Lipinski definition) is 2. The molecular weight excluding hydrogens is 294 g/mol. The van der Waals surface area contributed by atoms with E-state index in [1.54, 1.807) is 25.1 Å². The van der Waals surface area contributed by atoms with Gasteiger partial charge in [-0.3, -0.25) is 4.79 Å². The summed E-state index contributed by atoms with van der Waals surface area (Å²) >= 11 is 5.90. The Balaban J connectivity index is 2.56. The summed E-state index contributed by atoms with van der Waals surface area (Å²) in [5.41, 5.74) is 0.845. The minimum absolute atomic E-state index is 0.149. The fraction of sp³-hybridized carbons (Fsp3) is 0.467. The molecule has 2 unspecified atom stereocenters. The SMILES string of the molecule is CCC(C)C(NC(=O)COc1ccc(Cl)c(C)c1)C(=O)O. The zero-order valence-corrected chi connectivity index (χ0v) is 13.1. The first kappa shape index (κ1) is 17.3. The first-order chi connectivity index (χ1) is 9.85. The molecule has 116 valence electrons. The van der Waals surface area contributed by atoms with Crippen LogP contribution in [0, 0.1) is 12.8 Å². The summed E-state index contributed by atoms with van der Waals surface area (Å²) in [4.78, 5) is 22.9. The molecule has 0 aromatic heterocycles. The number of ether oxygens (including phenoxy) is 1. The molecule has 2 N–H and O–H groups in total. The van der Waals surface area contributed by atoms with E-state index in [0.29, 0.717) is 17.2 Å². The van der Waals surface area contributed by atoms with Gasteiger partial charge in [0.2, 0.25) is 0 Å². The zero-order valence-electron chi connectivity index (χ0n) is 12.4. The third-order valence-electron chi connectivity index (χ3n) is 3.29. The van der Waals surface area contributed by atoms with Crippen LogP contribution in [0.2, 0.25) is 5.02 Å². The van der Waals surface area contributed by atoms with E-state index in [1.165, 1.54) is 0 Å². The normalized spacial score (nSPS) is 13.3. The lowest BCUT2D eigenvalue weighted by atomic mass is 9.99. The molecule has 0 saturated heterocycles. The van der Waals surface area contributed by atoms with Gasteiger partial charge in [-0.15, -0.1) is 0 Å². The van der Waals surface area contributed by atoms with Crippen LogP contribution in [0.4, 0.5) is 0 Å². The molecule has 1 rings (SSSR count). The predicted octanol–water partition coefficient (Wildman–Crippen LogP) is 2.64. The highest BCUT2D eigenvalue weighted by molar-refractivity contribution is 6.31. The average molecular weight is 314 g/mol. The Morgan fingerprint density at radius 1 is 1.43 bits per heavy atom. The second-order valence-electron chi connectivity index (χ2n) is 4.97. The van der Waals surface area contributed by atoms with E-state index in [4.69, 9.17) is 21.4 Å². The Bertz CT molecular complexity index is 518. The molecular formula is C15H20ClNO4. The first-order valence-electron chi connectivity index (χ1n) is 6.76. The minimum atomic E-state index is -1.04. The van der Waals surface area contributed by atoms with Crippen molar-refractivity contribution in [3.8, 4) is 5.75 Å². The number of benzene rings is 1. The first-order valence-corrected chi connectivity index (χ1v) is 7.14. The van der Waals surface area contributed by atoms with Crippen molar-refractivity contribution in [3.63, 3.8) is 0 Å². The van der Waals surface area contributed by atoms with Crippen molar-refractivity contribution in [2.24, 2.45) is 5.92 Å². The lowest BCUT2D eigenvalue weighted by molar-refractivity contribution is -0.143. The predicted molar refractivity (Wildman–Crippen MR) is 80.7 cm³/mol. The second kappa shape index (κ2) is 7.88. The van der Waals surface area contributed by atoms with Crippen LogP contribution < -0.4 is 10.1 Å². The Kier molecular flexibility index (Phi) is 6.49. The fourth-order valence-electron chi connectivity index (χ4n) is 1.75. The maximum atomic E-state index is 11.8. The highest BCUT2D eigenvalue weighted by Crippen LogP contribution is 2.20. The smallest absolute Gasteiger partial charge is 0.326 e. The monoisotopic (exact) mass is 313 g/mol. The number of rotatable bonds is 7. The highest BCUT2D eigenvalue weighted by Gasteiger charge is 2.25. The van der Waals surface area contributed by atoms with Crippen molar-refractivity contribution < 1.29 is 19.4 Å². The van der Waals surface area contributed by atoms with E-state index in [9.17, 15) is 9.59 Å². The van der Waals surface area contributed by atoms with Crippen LogP contribution in [0.3, 0.4) is 0 Å². The molecule has 5 nitrogen and oxygen atoms in total. The third kappa shape index (κ3) is 5.27. The summed E-state index contributed by atoms with van der Waals surface area (Å²) in [6, 6.07) is 4.16. The van der Waals surface area contributed by atoms with Gasteiger partial charge in [0, 0.05) is 5.02 Å². The van der Waals surface area contributed by atoms with Crippen LogP contribution >= 0.6 is 11.6 Å². The summed E-state index contributed by atoms with van der Waals surface area (Å²) < 4.78 is 5.33. The average Bonchev–Trinajstić information content (AvgIpc) is 2.44. The van der Waals surface area contributed by atoms with E-state index in [1.807, 2.05) is 13.8 Å². The van der Waals surface area contributed by atoms with Crippen LogP contribution in [0.25, 0.3) is 0 Å². The summed E-state index contributed by atoms with van der Waals surface area (Å²) in [6.07, 6.45) is 0.661. The number of nitrogens with one attached hydrogen (secondary N) is 1. The molecule has 0 fully saturated rings. The number of halogens is 1. The number of carboxylic acids is 1. The van der Waals surface area contributed by atoms with Gasteiger partial charge in [0.25, 0.3) is 5.91 Å². The molecule has 0 bridgehead atoms. The van der Waals surface area contributed by atoms with Crippen LogP contribution in [0.15, 0.2) is 18.2 Å². The molecule has 0 aliphatic heterocycles. The van der Waals surface area contributed by atoms with Crippen molar-refractivity contribution in [2.45, 2.75) is 33.2 Å². The van der Waals surface area contributed by atoms with Crippen molar-refractivity contribution >= 4 is 23.5 Å². The molecule has 21 heavy (non-hydrogen) atoms. The summed E-state index contributed by atoms with van der Waals surface area (Å²) in [7, 11) is 0. The molecule has 0 aliphatic carbocycles. The molecule has 0 aliphatic rings. The van der Waals surface area contributed by atoms with Gasteiger partial charge in [0.05, 0.1) is 0 Å². The lowest BCUT2D eigenvalue weighted by Crippen LogP contribution is -2.46. The Morgan fingerprint density at radius 3 is 2.62 bits per heavy atom. The molecule has 0 heterocycles. The van der Waals surface area contributed by atoms with Gasteiger partial charge in [-0.25, -0.2) is 4.79 Å². The molecule has 1 amide bonds. The number of amides is 1. The van der Waals surface area contributed by atoms with E-state index in [0.717, 1.165) is 5.56 Å². The van der Waals surface area contributed by atoms with Crippen molar-refractivity contribution in [3.05, 3.63) is 28.8 Å². The van der Waals surface area contributed by atoms with E-state index in [-0.39, 0.29) is 12.5 Å². The molecule has 6 heteroatoms. The Labute approximate surface area is 129 Å². The van der Waals surface area contributed by atoms with Gasteiger partial charge in [0.1, 0.15) is 11.8 Å². The second-order valence-corrected chi connectivity index (χ2v) is 5.38. The minimum Gasteiger partial charge on any atom is -0.484 e. The third-order valence-corrected chi connectivity index (χ3v) is 3.72. The van der Waals surface area contributed by atoms with Gasteiger partial charge in [0.15, 0.2) is 6.61 Å². The number of aliphatic carboxylic acids is 1. The molecule has 0 radical (unpaired) electrons. The summed E-state index contributed by atoms with van der Waals surface area (Å²) in [5.74, 6) is -1.14. The maximum Gasteiger partial charge on any atom is 0.326 e. The highest BCUT2D eigenvalue weighted by atomic mass is 35.5. The van der Waals surface area contributed by atoms with Crippen LogP contribution in [-0.2, 0) is 9.59 Å². The number of hydrogen-bond acceptors (Lipinski definition) is 3. The number of carbonyl (C=O) groups excluding carboxylic acids is 1. The van der Waals surface area contributed by atoms with E-state index in [2.05, 4.69) is 5.32 Å². The largest absolute Gasteiger partial charge is 0.484 e. The molecule has 1 aromatic carbocycles. The van der Waals surface area contributed by atoms with Crippen LogP contribution in [0.1, 0.15) is 25.8 Å². The van der Waals surface area contributed by atoms with E-state index < -0.39 is 17.9 Å². The summed E-state index contributed by atoms with van der Waals surface area (Å²) in [5, 5.41) is 12.2. The van der Waals surface area contributed by atoms with E-state index >= 15 is 0 Å². The molecule has 2 atom stereocenters. The van der Waals surface area contributed by atoms with Gasteiger partial charge in [-0.05, 0) is 36.6 Å². The fourth-order valence-corrected chi connectivity index (χ4v) is 1.87. The standard InChI is InChI=1S/C15H20ClNO4/c1-4-9(2)14(15(19)20)17-13(18)8-21-11-5-6-12(16)10(3)7-11/h5-7,9,14H,4,8H2,1-3H3,(H,17,18)(H,19,20). The van der Waals surface area contributed by atoms with Gasteiger partial charge in [-0.1, -0.05) is 31.9 Å². The van der Waals surface area contributed by atoms with Gasteiger partial charge >= 0.3 is 5.97 Å². The molecule has 0 spiro atoms. The van der Waals surface area contributed by atoms with Crippen LogP contribution in [0.5, 0.6) is 5.75 Å². The summed E-state index contributed by atoms with van der Waals surface area (Å²) in [6.45, 7) is 5.25. The van der Waals surface area contributed by atoms with Gasteiger partial charge in [-0.2, -0.15) is 0 Å². The maximum absolute atomic E-state index is 11.8.